The monoisotopic (exact) mass is 295 g/mol. The molecule has 1 aromatic heterocycles. The van der Waals surface area contributed by atoms with Crippen molar-refractivity contribution < 1.29 is 0 Å². The van der Waals surface area contributed by atoms with Gasteiger partial charge in [0.2, 0.25) is 5.95 Å². The molecule has 0 amide bonds. The standard InChI is InChI=1S/C13H18BrN3/c1-9-8-17(12-5-3-2-4-11(9)12)13-15-6-10(14)7-16-13/h6-7,9,11-12H,2-5,8H2,1H3. The zero-order chi connectivity index (χ0) is 11.8. The van der Waals surface area contributed by atoms with Gasteiger partial charge in [0.25, 0.3) is 0 Å². The number of hydrogen-bond acceptors (Lipinski definition) is 3. The molecule has 1 aliphatic heterocycles. The Morgan fingerprint density at radius 1 is 1.24 bits per heavy atom. The Labute approximate surface area is 111 Å². The first kappa shape index (κ1) is 11.5. The van der Waals surface area contributed by atoms with E-state index in [1.165, 1.54) is 25.7 Å². The molecule has 3 atom stereocenters. The molecule has 4 heteroatoms. The lowest BCUT2D eigenvalue weighted by molar-refractivity contribution is 0.293. The molecular weight excluding hydrogens is 278 g/mol. The van der Waals surface area contributed by atoms with Crippen LogP contribution in [0.4, 0.5) is 5.95 Å². The van der Waals surface area contributed by atoms with E-state index in [2.05, 4.69) is 37.7 Å². The van der Waals surface area contributed by atoms with Crippen LogP contribution in [-0.4, -0.2) is 22.6 Å². The third kappa shape index (κ3) is 2.07. The fourth-order valence-corrected chi connectivity index (χ4v) is 3.66. The average Bonchev–Trinajstić information content (AvgIpc) is 2.69. The predicted molar refractivity (Wildman–Crippen MR) is 72.0 cm³/mol. The Balaban J connectivity index is 1.85. The van der Waals surface area contributed by atoms with Crippen molar-refractivity contribution in [2.75, 3.05) is 11.4 Å². The largest absolute Gasteiger partial charge is 0.337 e. The minimum absolute atomic E-state index is 0.680. The topological polar surface area (TPSA) is 29.0 Å². The van der Waals surface area contributed by atoms with Crippen molar-refractivity contribution >= 4 is 21.9 Å². The zero-order valence-corrected chi connectivity index (χ0v) is 11.7. The van der Waals surface area contributed by atoms with Crippen LogP contribution in [0.25, 0.3) is 0 Å². The van der Waals surface area contributed by atoms with Gasteiger partial charge in [-0.05, 0) is 40.6 Å². The first-order chi connectivity index (χ1) is 8.25. The van der Waals surface area contributed by atoms with Crippen LogP contribution in [0, 0.1) is 11.8 Å². The van der Waals surface area contributed by atoms with Crippen LogP contribution in [0.1, 0.15) is 32.6 Å². The van der Waals surface area contributed by atoms with Crippen molar-refractivity contribution in [2.24, 2.45) is 11.8 Å². The molecule has 17 heavy (non-hydrogen) atoms. The SMILES string of the molecule is CC1CN(c2ncc(Br)cn2)C2CCCCC12. The molecule has 0 spiro atoms. The van der Waals surface area contributed by atoms with E-state index in [4.69, 9.17) is 0 Å². The maximum absolute atomic E-state index is 4.45. The highest BCUT2D eigenvalue weighted by molar-refractivity contribution is 9.10. The Bertz CT molecular complexity index is 392. The highest BCUT2D eigenvalue weighted by Gasteiger charge is 2.41. The van der Waals surface area contributed by atoms with Gasteiger partial charge >= 0.3 is 0 Å². The molecule has 92 valence electrons. The van der Waals surface area contributed by atoms with Gasteiger partial charge in [0.15, 0.2) is 0 Å². The number of aromatic nitrogens is 2. The number of anilines is 1. The van der Waals surface area contributed by atoms with Crippen molar-refractivity contribution in [3.05, 3.63) is 16.9 Å². The molecular formula is C13H18BrN3. The van der Waals surface area contributed by atoms with Crippen LogP contribution < -0.4 is 4.90 Å². The summed E-state index contributed by atoms with van der Waals surface area (Å²) in [6.07, 6.45) is 9.17. The van der Waals surface area contributed by atoms with E-state index in [9.17, 15) is 0 Å². The summed E-state index contributed by atoms with van der Waals surface area (Å²) < 4.78 is 0.952. The third-order valence-corrected chi connectivity index (χ3v) is 4.67. The lowest BCUT2D eigenvalue weighted by atomic mass is 9.80. The number of nitrogens with zero attached hydrogens (tertiary/aromatic N) is 3. The van der Waals surface area contributed by atoms with Crippen LogP contribution in [0.3, 0.4) is 0 Å². The lowest BCUT2D eigenvalue weighted by Crippen LogP contribution is -2.35. The molecule has 3 nitrogen and oxygen atoms in total. The highest BCUT2D eigenvalue weighted by atomic mass is 79.9. The molecule has 1 saturated heterocycles. The van der Waals surface area contributed by atoms with Gasteiger partial charge < -0.3 is 4.90 Å². The first-order valence-electron chi connectivity index (χ1n) is 6.50. The first-order valence-corrected chi connectivity index (χ1v) is 7.29. The molecule has 1 aromatic rings. The van der Waals surface area contributed by atoms with Crippen molar-refractivity contribution in [3.63, 3.8) is 0 Å². The van der Waals surface area contributed by atoms with E-state index in [0.29, 0.717) is 6.04 Å². The molecule has 1 aliphatic carbocycles. The van der Waals surface area contributed by atoms with Gasteiger partial charge in [-0.25, -0.2) is 9.97 Å². The summed E-state index contributed by atoms with van der Waals surface area (Å²) in [6, 6.07) is 0.680. The zero-order valence-electron chi connectivity index (χ0n) is 10.1. The fourth-order valence-electron chi connectivity index (χ4n) is 3.46. The van der Waals surface area contributed by atoms with E-state index in [0.717, 1.165) is 28.8 Å². The van der Waals surface area contributed by atoms with Gasteiger partial charge in [-0.3, -0.25) is 0 Å². The summed E-state index contributed by atoms with van der Waals surface area (Å²) in [6.45, 7) is 3.50. The Morgan fingerprint density at radius 2 is 1.94 bits per heavy atom. The van der Waals surface area contributed by atoms with Crippen LogP contribution in [0.5, 0.6) is 0 Å². The number of fused-ring (bicyclic) bond motifs is 1. The predicted octanol–water partition coefficient (Wildman–Crippen LogP) is 3.25. The summed E-state index contributed by atoms with van der Waals surface area (Å²) in [7, 11) is 0. The minimum atomic E-state index is 0.680. The molecule has 1 saturated carbocycles. The van der Waals surface area contributed by atoms with Crippen LogP contribution >= 0.6 is 15.9 Å². The molecule has 0 N–H and O–H groups in total. The average molecular weight is 296 g/mol. The summed E-state index contributed by atoms with van der Waals surface area (Å²) in [5, 5.41) is 0. The van der Waals surface area contributed by atoms with Crippen LogP contribution in [-0.2, 0) is 0 Å². The second kappa shape index (κ2) is 4.56. The van der Waals surface area contributed by atoms with Gasteiger partial charge in [0.05, 0.1) is 4.47 Å². The summed E-state index contributed by atoms with van der Waals surface area (Å²) in [5.41, 5.74) is 0. The van der Waals surface area contributed by atoms with Crippen molar-refractivity contribution in [2.45, 2.75) is 38.6 Å². The second-order valence-electron chi connectivity index (χ2n) is 5.35. The summed E-state index contributed by atoms with van der Waals surface area (Å²) in [5.74, 6) is 2.55. The molecule has 0 radical (unpaired) electrons. The van der Waals surface area contributed by atoms with Crippen molar-refractivity contribution in [3.8, 4) is 0 Å². The van der Waals surface area contributed by atoms with E-state index in [1.54, 1.807) is 0 Å². The molecule has 2 fully saturated rings. The van der Waals surface area contributed by atoms with E-state index >= 15 is 0 Å². The van der Waals surface area contributed by atoms with Crippen molar-refractivity contribution in [1.82, 2.24) is 9.97 Å². The fraction of sp³-hybridized carbons (Fsp3) is 0.692. The second-order valence-corrected chi connectivity index (χ2v) is 6.26. The summed E-state index contributed by atoms with van der Waals surface area (Å²) in [4.78, 5) is 11.3. The van der Waals surface area contributed by atoms with Gasteiger partial charge in [0, 0.05) is 25.0 Å². The Kier molecular flexibility index (Phi) is 3.07. The van der Waals surface area contributed by atoms with E-state index < -0.39 is 0 Å². The van der Waals surface area contributed by atoms with Gasteiger partial charge in [-0.1, -0.05) is 19.8 Å². The molecule has 0 aromatic carbocycles. The number of halogens is 1. The molecule has 3 unspecified atom stereocenters. The maximum atomic E-state index is 4.45. The number of hydrogen-bond donors (Lipinski definition) is 0. The van der Waals surface area contributed by atoms with E-state index in [-0.39, 0.29) is 0 Å². The smallest absolute Gasteiger partial charge is 0.225 e. The maximum Gasteiger partial charge on any atom is 0.225 e. The quantitative estimate of drug-likeness (QED) is 0.796. The van der Waals surface area contributed by atoms with Crippen molar-refractivity contribution in [1.29, 1.82) is 0 Å². The van der Waals surface area contributed by atoms with E-state index in [1.807, 2.05) is 12.4 Å². The molecule has 3 rings (SSSR count). The summed E-state index contributed by atoms with van der Waals surface area (Å²) >= 11 is 3.39. The Morgan fingerprint density at radius 3 is 2.71 bits per heavy atom. The third-order valence-electron chi connectivity index (χ3n) is 4.26. The highest BCUT2D eigenvalue weighted by Crippen LogP contribution is 2.40. The number of rotatable bonds is 1. The minimum Gasteiger partial charge on any atom is -0.337 e. The molecule has 2 heterocycles. The molecule has 0 bridgehead atoms. The molecule has 2 aliphatic rings. The lowest BCUT2D eigenvalue weighted by Gasteiger charge is -2.32. The van der Waals surface area contributed by atoms with Gasteiger partial charge in [-0.15, -0.1) is 0 Å². The normalized spacial score (nSPS) is 32.6. The van der Waals surface area contributed by atoms with Gasteiger partial charge in [-0.2, -0.15) is 0 Å². The van der Waals surface area contributed by atoms with Gasteiger partial charge in [0.1, 0.15) is 0 Å². The van der Waals surface area contributed by atoms with Crippen LogP contribution in [0.2, 0.25) is 0 Å². The van der Waals surface area contributed by atoms with Crippen LogP contribution in [0.15, 0.2) is 16.9 Å². The Hall–Kier alpha value is -0.640.